The van der Waals surface area contributed by atoms with Gasteiger partial charge in [-0.05, 0) is 12.8 Å². The molecule has 0 aliphatic carbocycles. The van der Waals surface area contributed by atoms with Crippen LogP contribution < -0.4 is 10.1 Å². The number of nitrogens with one attached hydrogen (secondary N) is 2. The van der Waals surface area contributed by atoms with Gasteiger partial charge in [-0.1, -0.05) is 11.6 Å². The number of aromatic nitrogens is 5. The van der Waals surface area contributed by atoms with Crippen molar-refractivity contribution in [1.29, 1.82) is 0 Å². The largest absolute Gasteiger partial charge is 0.474 e. The number of nitrogens with zero attached hydrogens (tertiary/aromatic N) is 5. The van der Waals surface area contributed by atoms with E-state index in [-0.39, 0.29) is 6.10 Å². The van der Waals surface area contributed by atoms with Crippen LogP contribution in [-0.2, 0) is 11.8 Å². The number of rotatable bonds is 5. The van der Waals surface area contributed by atoms with Crippen LogP contribution in [0.15, 0.2) is 18.6 Å². The highest BCUT2D eigenvalue weighted by Gasteiger charge is 2.21. The van der Waals surface area contributed by atoms with Gasteiger partial charge in [0.15, 0.2) is 0 Å². The molecule has 1 unspecified atom stereocenters. The first-order valence-electron chi connectivity index (χ1n) is 8.78. The Labute approximate surface area is 160 Å². The molecular weight excluding hydrogens is 370 g/mol. The number of carbonyl (C=O) groups excluding carboxylic acids is 1. The zero-order valence-corrected chi connectivity index (χ0v) is 15.6. The molecule has 27 heavy (non-hydrogen) atoms. The number of likely N-dealkylation sites (tertiary alicyclic amines) is 1. The molecule has 0 spiro atoms. The van der Waals surface area contributed by atoms with Crippen molar-refractivity contribution >= 4 is 40.7 Å². The van der Waals surface area contributed by atoms with Gasteiger partial charge in [-0.3, -0.25) is 9.48 Å². The number of ether oxygens (including phenoxy) is 1. The first-order chi connectivity index (χ1) is 13.1. The van der Waals surface area contributed by atoms with Crippen molar-refractivity contribution in [3.05, 3.63) is 23.6 Å². The molecule has 4 heterocycles. The number of hydrogen-bond acceptors (Lipinski definition) is 6. The molecule has 9 nitrogen and oxygen atoms in total. The highest BCUT2D eigenvalue weighted by molar-refractivity contribution is 6.35. The molecule has 3 aromatic heterocycles. The number of aromatic amines is 1. The van der Waals surface area contributed by atoms with E-state index in [2.05, 4.69) is 25.4 Å². The van der Waals surface area contributed by atoms with Crippen molar-refractivity contribution in [3.8, 4) is 5.88 Å². The number of aryl methyl sites for hydroxylation is 1. The monoisotopic (exact) mass is 389 g/mol. The van der Waals surface area contributed by atoms with E-state index in [0.717, 1.165) is 37.9 Å². The molecule has 2 N–H and O–H groups in total. The second-order valence-electron chi connectivity index (χ2n) is 6.55. The third kappa shape index (κ3) is 3.82. The van der Waals surface area contributed by atoms with E-state index in [9.17, 15) is 4.79 Å². The molecule has 0 radical (unpaired) electrons. The number of H-pyrrole nitrogens is 1. The summed E-state index contributed by atoms with van der Waals surface area (Å²) < 4.78 is 7.89. The smallest absolute Gasteiger partial charge is 0.232 e. The first-order valence-corrected chi connectivity index (χ1v) is 9.16. The Morgan fingerprint density at radius 2 is 2.26 bits per heavy atom. The lowest BCUT2D eigenvalue weighted by atomic mass is 10.1. The molecule has 4 rings (SSSR count). The van der Waals surface area contributed by atoms with Crippen LogP contribution in [0.25, 0.3) is 11.0 Å². The maximum Gasteiger partial charge on any atom is 0.232 e. The molecule has 1 atom stereocenters. The molecule has 142 valence electrons. The number of anilines is 2. The Kier molecular flexibility index (Phi) is 4.85. The van der Waals surface area contributed by atoms with E-state index in [1.54, 1.807) is 22.0 Å². The van der Waals surface area contributed by atoms with Crippen LogP contribution in [0.4, 0.5) is 11.6 Å². The Bertz CT molecular complexity index is 954. The van der Waals surface area contributed by atoms with Gasteiger partial charge < -0.3 is 19.9 Å². The van der Waals surface area contributed by atoms with Crippen molar-refractivity contribution in [1.82, 2.24) is 29.6 Å². The van der Waals surface area contributed by atoms with Crippen molar-refractivity contribution in [2.45, 2.75) is 25.4 Å². The second-order valence-corrected chi connectivity index (χ2v) is 6.96. The quantitative estimate of drug-likeness (QED) is 0.650. The number of carbonyl (C=O) groups is 1. The maximum atomic E-state index is 11.0. The van der Waals surface area contributed by atoms with E-state index < -0.39 is 0 Å². The van der Waals surface area contributed by atoms with Gasteiger partial charge in [0.05, 0.1) is 22.3 Å². The minimum atomic E-state index is -0.0368. The molecule has 0 aromatic carbocycles. The third-order valence-corrected chi connectivity index (χ3v) is 4.85. The Balaban J connectivity index is 1.61. The van der Waals surface area contributed by atoms with E-state index in [1.807, 2.05) is 13.2 Å². The van der Waals surface area contributed by atoms with E-state index in [0.29, 0.717) is 34.4 Å². The van der Waals surface area contributed by atoms with Gasteiger partial charge in [-0.15, -0.1) is 0 Å². The molecule has 1 saturated heterocycles. The zero-order valence-electron chi connectivity index (χ0n) is 14.9. The summed E-state index contributed by atoms with van der Waals surface area (Å²) in [5.74, 6) is 0.828. The summed E-state index contributed by atoms with van der Waals surface area (Å²) in [5, 5.41) is 8.42. The molecule has 1 fully saturated rings. The summed E-state index contributed by atoms with van der Waals surface area (Å²) in [6, 6.07) is 0. The average Bonchev–Trinajstić information content (AvgIpc) is 3.14. The van der Waals surface area contributed by atoms with Gasteiger partial charge in [-0.2, -0.15) is 15.1 Å². The van der Waals surface area contributed by atoms with E-state index >= 15 is 0 Å². The predicted octanol–water partition coefficient (Wildman–Crippen LogP) is 2.48. The predicted molar refractivity (Wildman–Crippen MR) is 101 cm³/mol. The molecule has 0 bridgehead atoms. The number of fused-ring (bicyclic) bond motifs is 1. The maximum absolute atomic E-state index is 11.0. The lowest BCUT2D eigenvalue weighted by Gasteiger charge is -2.18. The van der Waals surface area contributed by atoms with Gasteiger partial charge in [-0.25, -0.2) is 0 Å². The Morgan fingerprint density at radius 3 is 3.04 bits per heavy atom. The van der Waals surface area contributed by atoms with Crippen LogP contribution in [0.2, 0.25) is 5.02 Å². The summed E-state index contributed by atoms with van der Waals surface area (Å²) in [4.78, 5) is 24.8. The second kappa shape index (κ2) is 7.43. The fraction of sp³-hybridized carbons (Fsp3) is 0.412. The van der Waals surface area contributed by atoms with Crippen LogP contribution in [0, 0.1) is 0 Å². The normalized spacial score (nSPS) is 17.7. The summed E-state index contributed by atoms with van der Waals surface area (Å²) >= 11 is 6.31. The fourth-order valence-electron chi connectivity index (χ4n) is 3.19. The fourth-order valence-corrected chi connectivity index (χ4v) is 3.41. The molecule has 1 amide bonds. The number of hydrogen-bond donors (Lipinski definition) is 2. The zero-order chi connectivity index (χ0) is 18.8. The molecule has 3 aromatic rings. The molecule has 1 aliphatic rings. The van der Waals surface area contributed by atoms with Crippen LogP contribution in [0.1, 0.15) is 19.3 Å². The van der Waals surface area contributed by atoms with Crippen LogP contribution in [-0.4, -0.2) is 55.2 Å². The molecule has 1 aliphatic heterocycles. The summed E-state index contributed by atoms with van der Waals surface area (Å²) in [6.07, 6.45) is 8.53. The van der Waals surface area contributed by atoms with E-state index in [1.165, 1.54) is 0 Å². The van der Waals surface area contributed by atoms with Gasteiger partial charge in [0.2, 0.25) is 18.2 Å². The molecule has 0 saturated carbocycles. The minimum Gasteiger partial charge on any atom is -0.474 e. The number of halogens is 1. The van der Waals surface area contributed by atoms with Crippen molar-refractivity contribution < 1.29 is 9.53 Å². The standard InChI is InChI=1S/C17H20ClN7O2/c1-24-9-11(7-20-24)21-17-22-15-14(13(18)8-19-15)16(23-17)27-12-3-2-5-25(10-26)6-4-12/h7-10,12H,2-6H2,1H3,(H2,19,21,22,23). The summed E-state index contributed by atoms with van der Waals surface area (Å²) in [5.41, 5.74) is 1.37. The Morgan fingerprint density at radius 1 is 1.37 bits per heavy atom. The van der Waals surface area contributed by atoms with Crippen molar-refractivity contribution in [3.63, 3.8) is 0 Å². The van der Waals surface area contributed by atoms with Gasteiger partial charge in [0.25, 0.3) is 0 Å². The van der Waals surface area contributed by atoms with Crippen molar-refractivity contribution in [2.75, 3.05) is 18.4 Å². The average molecular weight is 390 g/mol. The van der Waals surface area contributed by atoms with Crippen LogP contribution in [0.5, 0.6) is 5.88 Å². The summed E-state index contributed by atoms with van der Waals surface area (Å²) in [6.45, 7) is 1.42. The van der Waals surface area contributed by atoms with Gasteiger partial charge in [0, 0.05) is 39.0 Å². The number of amides is 1. The minimum absolute atomic E-state index is 0.0368. The van der Waals surface area contributed by atoms with Crippen LogP contribution in [0.3, 0.4) is 0 Å². The highest BCUT2D eigenvalue weighted by atomic mass is 35.5. The third-order valence-electron chi connectivity index (χ3n) is 4.55. The highest BCUT2D eigenvalue weighted by Crippen LogP contribution is 2.32. The van der Waals surface area contributed by atoms with Crippen LogP contribution >= 0.6 is 11.6 Å². The Hall–Kier alpha value is -2.81. The SMILES string of the molecule is Cn1cc(Nc2nc(OC3CCCN(C=O)CC3)c3c(Cl)c[nH]c3n2)cn1. The summed E-state index contributed by atoms with van der Waals surface area (Å²) in [7, 11) is 1.84. The van der Waals surface area contributed by atoms with E-state index in [4.69, 9.17) is 16.3 Å². The molecular formula is C17H20ClN7O2. The topological polar surface area (TPSA) is 101 Å². The van der Waals surface area contributed by atoms with Gasteiger partial charge >= 0.3 is 0 Å². The first kappa shape index (κ1) is 17.6. The molecule has 10 heteroatoms. The van der Waals surface area contributed by atoms with Gasteiger partial charge in [0.1, 0.15) is 11.8 Å². The van der Waals surface area contributed by atoms with Crippen molar-refractivity contribution in [2.24, 2.45) is 7.05 Å². The lowest BCUT2D eigenvalue weighted by Crippen LogP contribution is -2.24. The lowest BCUT2D eigenvalue weighted by molar-refractivity contribution is -0.118.